The zero-order valence-electron chi connectivity index (χ0n) is 10.0. The van der Waals surface area contributed by atoms with E-state index in [2.05, 4.69) is 6.92 Å². The molecule has 2 fully saturated rings. The Hall–Kier alpha value is -0.170. The van der Waals surface area contributed by atoms with Crippen molar-refractivity contribution in [1.29, 1.82) is 0 Å². The highest BCUT2D eigenvalue weighted by molar-refractivity contribution is 7.86. The second-order valence-corrected chi connectivity index (χ2v) is 7.44. The molecule has 2 heterocycles. The Morgan fingerprint density at radius 2 is 1.69 bits per heavy atom. The summed E-state index contributed by atoms with van der Waals surface area (Å²) in [5.41, 5.74) is 5.50. The molecular formula is C10H21N3O2S. The Balaban J connectivity index is 1.98. The van der Waals surface area contributed by atoms with Crippen LogP contribution in [-0.2, 0) is 10.2 Å². The SMILES string of the molecule is CC1CCN(S(=O)(=O)N2CC(C)(N)C2)CC1. The summed E-state index contributed by atoms with van der Waals surface area (Å²) in [5, 5.41) is 0. The average Bonchev–Trinajstić information content (AvgIpc) is 2.14. The molecule has 6 heteroatoms. The van der Waals surface area contributed by atoms with E-state index in [-0.39, 0.29) is 5.54 Å². The largest absolute Gasteiger partial charge is 0.323 e. The second kappa shape index (κ2) is 3.94. The quantitative estimate of drug-likeness (QED) is 0.746. The van der Waals surface area contributed by atoms with E-state index in [9.17, 15) is 8.42 Å². The zero-order valence-corrected chi connectivity index (χ0v) is 10.8. The van der Waals surface area contributed by atoms with Crippen molar-refractivity contribution in [3.05, 3.63) is 0 Å². The maximum atomic E-state index is 12.2. The van der Waals surface area contributed by atoms with Crippen molar-refractivity contribution in [2.24, 2.45) is 11.7 Å². The maximum Gasteiger partial charge on any atom is 0.282 e. The van der Waals surface area contributed by atoms with Gasteiger partial charge in [0.1, 0.15) is 0 Å². The molecule has 0 aromatic heterocycles. The zero-order chi connectivity index (χ0) is 12.0. The van der Waals surface area contributed by atoms with Crippen LogP contribution in [0.2, 0.25) is 0 Å². The van der Waals surface area contributed by atoms with Crippen LogP contribution < -0.4 is 5.73 Å². The molecule has 0 saturated carbocycles. The molecule has 0 radical (unpaired) electrons. The normalized spacial score (nSPS) is 28.9. The molecule has 94 valence electrons. The third-order valence-corrected chi connectivity index (χ3v) is 5.40. The summed E-state index contributed by atoms with van der Waals surface area (Å²) in [6.07, 6.45) is 1.93. The molecule has 0 aliphatic carbocycles. The van der Waals surface area contributed by atoms with Gasteiger partial charge in [0, 0.05) is 31.7 Å². The van der Waals surface area contributed by atoms with Gasteiger partial charge in [0.15, 0.2) is 0 Å². The number of hydrogen-bond donors (Lipinski definition) is 1. The van der Waals surface area contributed by atoms with E-state index in [0.29, 0.717) is 32.1 Å². The molecule has 2 aliphatic rings. The van der Waals surface area contributed by atoms with Crippen LogP contribution in [-0.4, -0.2) is 48.7 Å². The summed E-state index contributed by atoms with van der Waals surface area (Å²) in [5.74, 6) is 0.641. The van der Waals surface area contributed by atoms with Crippen molar-refractivity contribution in [1.82, 2.24) is 8.61 Å². The van der Waals surface area contributed by atoms with E-state index in [4.69, 9.17) is 5.73 Å². The smallest absolute Gasteiger partial charge is 0.282 e. The summed E-state index contributed by atoms with van der Waals surface area (Å²) >= 11 is 0. The van der Waals surface area contributed by atoms with Crippen molar-refractivity contribution in [2.45, 2.75) is 32.2 Å². The minimum atomic E-state index is -3.23. The lowest BCUT2D eigenvalue weighted by molar-refractivity contribution is 0.157. The standard InChI is InChI=1S/C10H21N3O2S/c1-9-3-5-12(6-4-9)16(14,15)13-7-10(2,11)8-13/h9H,3-8,11H2,1-2H3. The topological polar surface area (TPSA) is 66.6 Å². The van der Waals surface area contributed by atoms with E-state index in [1.54, 1.807) is 4.31 Å². The van der Waals surface area contributed by atoms with Gasteiger partial charge >= 0.3 is 0 Å². The first-order valence-electron chi connectivity index (χ1n) is 5.85. The molecule has 16 heavy (non-hydrogen) atoms. The van der Waals surface area contributed by atoms with Crippen LogP contribution in [0.3, 0.4) is 0 Å². The number of nitrogens with two attached hydrogens (primary N) is 1. The Morgan fingerprint density at radius 3 is 2.12 bits per heavy atom. The highest BCUT2D eigenvalue weighted by Gasteiger charge is 2.44. The summed E-state index contributed by atoms with van der Waals surface area (Å²) in [6, 6.07) is 0. The Morgan fingerprint density at radius 1 is 1.19 bits per heavy atom. The van der Waals surface area contributed by atoms with Crippen LogP contribution in [0, 0.1) is 5.92 Å². The molecule has 0 aromatic carbocycles. The summed E-state index contributed by atoms with van der Waals surface area (Å²) < 4.78 is 27.4. The summed E-state index contributed by atoms with van der Waals surface area (Å²) in [7, 11) is -3.23. The van der Waals surface area contributed by atoms with Gasteiger partial charge < -0.3 is 5.73 Å². The summed E-state index contributed by atoms with van der Waals surface area (Å²) in [6.45, 7) is 6.26. The van der Waals surface area contributed by atoms with Crippen LogP contribution in [0.1, 0.15) is 26.7 Å². The lowest BCUT2D eigenvalue weighted by atomic mass is 9.97. The fraction of sp³-hybridized carbons (Fsp3) is 1.00. The van der Waals surface area contributed by atoms with Gasteiger partial charge in [0.05, 0.1) is 0 Å². The third kappa shape index (κ3) is 2.25. The van der Waals surface area contributed by atoms with Crippen molar-refractivity contribution < 1.29 is 8.42 Å². The van der Waals surface area contributed by atoms with E-state index in [0.717, 1.165) is 12.8 Å². The van der Waals surface area contributed by atoms with Gasteiger partial charge in [-0.2, -0.15) is 17.0 Å². The molecule has 2 saturated heterocycles. The molecule has 0 bridgehead atoms. The molecule has 0 unspecified atom stereocenters. The Bertz CT molecular complexity index is 350. The highest BCUT2D eigenvalue weighted by Crippen LogP contribution is 2.26. The number of piperidine rings is 1. The third-order valence-electron chi connectivity index (χ3n) is 3.47. The van der Waals surface area contributed by atoms with E-state index < -0.39 is 10.2 Å². The molecule has 2 aliphatic heterocycles. The molecule has 2 rings (SSSR count). The first-order valence-corrected chi connectivity index (χ1v) is 7.25. The Kier molecular flexibility index (Phi) is 3.03. The first-order chi connectivity index (χ1) is 7.31. The van der Waals surface area contributed by atoms with Gasteiger partial charge in [-0.1, -0.05) is 6.92 Å². The van der Waals surface area contributed by atoms with Gasteiger partial charge in [0.25, 0.3) is 10.2 Å². The van der Waals surface area contributed by atoms with Crippen LogP contribution in [0.25, 0.3) is 0 Å². The molecule has 5 nitrogen and oxygen atoms in total. The number of nitrogens with zero attached hydrogens (tertiary/aromatic N) is 2. The minimum absolute atomic E-state index is 0.337. The number of hydrogen-bond acceptors (Lipinski definition) is 3. The molecule has 2 N–H and O–H groups in total. The minimum Gasteiger partial charge on any atom is -0.323 e. The predicted molar refractivity (Wildman–Crippen MR) is 63.1 cm³/mol. The van der Waals surface area contributed by atoms with E-state index >= 15 is 0 Å². The van der Waals surface area contributed by atoms with Crippen LogP contribution in [0.4, 0.5) is 0 Å². The van der Waals surface area contributed by atoms with Crippen LogP contribution in [0.5, 0.6) is 0 Å². The van der Waals surface area contributed by atoms with E-state index in [1.807, 2.05) is 6.92 Å². The average molecular weight is 247 g/mol. The van der Waals surface area contributed by atoms with Gasteiger partial charge in [-0.15, -0.1) is 0 Å². The van der Waals surface area contributed by atoms with Crippen molar-refractivity contribution >= 4 is 10.2 Å². The van der Waals surface area contributed by atoms with Gasteiger partial charge in [-0.3, -0.25) is 0 Å². The highest BCUT2D eigenvalue weighted by atomic mass is 32.2. The second-order valence-electron chi connectivity index (χ2n) is 5.51. The molecule has 0 atom stereocenters. The van der Waals surface area contributed by atoms with Gasteiger partial charge in [0.2, 0.25) is 0 Å². The van der Waals surface area contributed by atoms with Crippen molar-refractivity contribution in [2.75, 3.05) is 26.2 Å². The first kappa shape index (κ1) is 12.3. The molecule has 0 amide bonds. The predicted octanol–water partition coefficient (Wildman–Crippen LogP) is -0.00390. The van der Waals surface area contributed by atoms with Gasteiger partial charge in [-0.05, 0) is 25.7 Å². The molecule has 0 spiro atoms. The summed E-state index contributed by atoms with van der Waals surface area (Å²) in [4.78, 5) is 0. The fourth-order valence-corrected chi connectivity index (χ4v) is 4.22. The maximum absolute atomic E-state index is 12.2. The molecule has 0 aromatic rings. The van der Waals surface area contributed by atoms with Crippen LogP contribution >= 0.6 is 0 Å². The lowest BCUT2D eigenvalue weighted by Gasteiger charge is -2.46. The molecular weight excluding hydrogens is 226 g/mol. The van der Waals surface area contributed by atoms with Crippen LogP contribution in [0.15, 0.2) is 0 Å². The Labute approximate surface area is 97.8 Å². The van der Waals surface area contributed by atoms with Crippen molar-refractivity contribution in [3.8, 4) is 0 Å². The fourth-order valence-electron chi connectivity index (χ4n) is 2.30. The van der Waals surface area contributed by atoms with Crippen molar-refractivity contribution in [3.63, 3.8) is 0 Å². The monoisotopic (exact) mass is 247 g/mol. The lowest BCUT2D eigenvalue weighted by Crippen LogP contribution is -2.68. The van der Waals surface area contributed by atoms with Gasteiger partial charge in [-0.25, -0.2) is 0 Å². The number of rotatable bonds is 2. The van der Waals surface area contributed by atoms with E-state index in [1.165, 1.54) is 4.31 Å².